The molecule has 3 rings (SSSR count). The average molecular weight is 418 g/mol. The van der Waals surface area contributed by atoms with Crippen molar-refractivity contribution in [1.29, 1.82) is 0 Å². The Kier molecular flexibility index (Phi) is 6.53. The fraction of sp³-hybridized carbons (Fsp3) is 0.300. The normalized spacial score (nSPS) is 11.8. The largest absolute Gasteiger partial charge is 0.268 e. The summed E-state index contributed by atoms with van der Waals surface area (Å²) < 4.78 is 27.2. The Morgan fingerprint density at radius 1 is 1.11 bits per heavy atom. The molecule has 0 atom stereocenters. The third-order valence-corrected chi connectivity index (χ3v) is 6.93. The van der Waals surface area contributed by atoms with Crippen LogP contribution in [0.5, 0.6) is 0 Å². The standard InChI is InChI=1S/C20H23N3O3S2/c1-3-15-9-4-7-12-18(15)23-19(24)16-10-5-6-11-17(16)22-20(23)27-13-8-14-28(25,26)21-2/h4-7,9-12,21H,3,8,13-14H2,1-2H3. The van der Waals surface area contributed by atoms with Gasteiger partial charge in [0.2, 0.25) is 10.0 Å². The molecule has 0 aliphatic carbocycles. The van der Waals surface area contributed by atoms with E-state index in [9.17, 15) is 13.2 Å². The number of thioether (sulfide) groups is 1. The summed E-state index contributed by atoms with van der Waals surface area (Å²) in [6, 6.07) is 15.1. The molecule has 2 aromatic carbocycles. The molecule has 1 N–H and O–H groups in total. The van der Waals surface area contributed by atoms with E-state index in [1.54, 1.807) is 10.6 Å². The lowest BCUT2D eigenvalue weighted by Gasteiger charge is -2.16. The maximum absolute atomic E-state index is 13.3. The predicted molar refractivity (Wildman–Crippen MR) is 115 cm³/mol. The van der Waals surface area contributed by atoms with E-state index in [1.165, 1.54) is 18.8 Å². The average Bonchev–Trinajstić information content (AvgIpc) is 2.71. The fourth-order valence-corrected chi connectivity index (χ4v) is 4.82. The molecule has 0 aliphatic rings. The highest BCUT2D eigenvalue weighted by atomic mass is 32.2. The van der Waals surface area contributed by atoms with Crippen molar-refractivity contribution >= 4 is 32.7 Å². The predicted octanol–water partition coefficient (Wildman–Crippen LogP) is 2.98. The van der Waals surface area contributed by atoms with Crippen LogP contribution in [0.2, 0.25) is 0 Å². The minimum absolute atomic E-state index is 0.0415. The van der Waals surface area contributed by atoms with Crippen molar-refractivity contribution in [2.24, 2.45) is 0 Å². The van der Waals surface area contributed by atoms with Crippen LogP contribution in [0.15, 0.2) is 58.5 Å². The molecule has 0 amide bonds. The summed E-state index contributed by atoms with van der Waals surface area (Å²) in [5.74, 6) is 0.583. The van der Waals surface area contributed by atoms with Crippen LogP contribution in [0.25, 0.3) is 16.6 Å². The Balaban J connectivity index is 2.04. The molecule has 28 heavy (non-hydrogen) atoms. The van der Waals surface area contributed by atoms with Crippen LogP contribution in [-0.4, -0.2) is 36.5 Å². The highest BCUT2D eigenvalue weighted by Gasteiger charge is 2.15. The zero-order valence-corrected chi connectivity index (χ0v) is 17.5. The maximum atomic E-state index is 13.3. The van der Waals surface area contributed by atoms with E-state index < -0.39 is 10.0 Å². The first-order chi connectivity index (χ1) is 13.5. The fourth-order valence-electron chi connectivity index (χ4n) is 2.96. The second-order valence-corrected chi connectivity index (χ2v) is 9.37. The quantitative estimate of drug-likeness (QED) is 0.346. The van der Waals surface area contributed by atoms with Crippen LogP contribution in [0.4, 0.5) is 0 Å². The lowest BCUT2D eigenvalue weighted by molar-refractivity contribution is 0.587. The van der Waals surface area contributed by atoms with E-state index in [0.29, 0.717) is 28.2 Å². The Bertz CT molecular complexity index is 1140. The Morgan fingerprint density at radius 2 is 1.82 bits per heavy atom. The van der Waals surface area contributed by atoms with Gasteiger partial charge in [0.25, 0.3) is 5.56 Å². The van der Waals surface area contributed by atoms with Crippen molar-refractivity contribution in [3.05, 3.63) is 64.4 Å². The Morgan fingerprint density at radius 3 is 2.57 bits per heavy atom. The van der Waals surface area contributed by atoms with Gasteiger partial charge in [-0.3, -0.25) is 9.36 Å². The molecule has 0 saturated heterocycles. The molecule has 0 unspecified atom stereocenters. The van der Waals surface area contributed by atoms with Gasteiger partial charge in [0, 0.05) is 5.75 Å². The molecular weight excluding hydrogens is 394 g/mol. The number of rotatable bonds is 8. The zero-order valence-electron chi connectivity index (χ0n) is 15.9. The second-order valence-electron chi connectivity index (χ2n) is 6.26. The number of para-hydroxylation sites is 2. The molecule has 0 aliphatic heterocycles. The van der Waals surface area contributed by atoms with E-state index >= 15 is 0 Å². The summed E-state index contributed by atoms with van der Waals surface area (Å²) in [6.07, 6.45) is 1.26. The molecule has 3 aromatic rings. The van der Waals surface area contributed by atoms with E-state index in [1.807, 2.05) is 49.4 Å². The van der Waals surface area contributed by atoms with Gasteiger partial charge >= 0.3 is 0 Å². The van der Waals surface area contributed by atoms with Gasteiger partial charge in [0.15, 0.2) is 5.16 Å². The van der Waals surface area contributed by atoms with Gasteiger partial charge in [-0.15, -0.1) is 0 Å². The number of hydrogen-bond donors (Lipinski definition) is 1. The van der Waals surface area contributed by atoms with Gasteiger partial charge < -0.3 is 0 Å². The third kappa shape index (κ3) is 4.45. The minimum atomic E-state index is -3.24. The summed E-state index contributed by atoms with van der Waals surface area (Å²) in [5, 5.41) is 1.14. The number of aryl methyl sites for hydroxylation is 1. The van der Waals surface area contributed by atoms with Gasteiger partial charge in [0.1, 0.15) is 0 Å². The number of benzene rings is 2. The SMILES string of the molecule is CCc1ccccc1-n1c(SCCCS(=O)(=O)NC)nc2ccccc2c1=O. The van der Waals surface area contributed by atoms with Crippen molar-refractivity contribution in [2.45, 2.75) is 24.9 Å². The smallest absolute Gasteiger partial charge is 0.266 e. The molecular formula is C20H23N3O3S2. The lowest BCUT2D eigenvalue weighted by Crippen LogP contribution is -2.23. The molecule has 1 heterocycles. The maximum Gasteiger partial charge on any atom is 0.266 e. The number of hydrogen-bond acceptors (Lipinski definition) is 5. The van der Waals surface area contributed by atoms with Crippen molar-refractivity contribution in [1.82, 2.24) is 14.3 Å². The van der Waals surface area contributed by atoms with Crippen LogP contribution in [0.3, 0.4) is 0 Å². The number of nitrogens with one attached hydrogen (secondary N) is 1. The van der Waals surface area contributed by atoms with Crippen LogP contribution < -0.4 is 10.3 Å². The number of aromatic nitrogens is 2. The van der Waals surface area contributed by atoms with Gasteiger partial charge in [-0.1, -0.05) is 49.0 Å². The highest BCUT2D eigenvalue weighted by Crippen LogP contribution is 2.24. The lowest BCUT2D eigenvalue weighted by atomic mass is 10.1. The first kappa shape index (κ1) is 20.6. The molecule has 6 nitrogen and oxygen atoms in total. The molecule has 0 saturated carbocycles. The minimum Gasteiger partial charge on any atom is -0.268 e. The topological polar surface area (TPSA) is 81.1 Å². The first-order valence-corrected chi connectivity index (χ1v) is 11.7. The molecule has 148 valence electrons. The summed E-state index contributed by atoms with van der Waals surface area (Å²) in [6.45, 7) is 2.05. The molecule has 0 radical (unpaired) electrons. The van der Waals surface area contributed by atoms with Crippen LogP contribution >= 0.6 is 11.8 Å². The summed E-state index contributed by atoms with van der Waals surface area (Å²) >= 11 is 1.40. The second kappa shape index (κ2) is 8.89. The molecule has 0 bridgehead atoms. The van der Waals surface area contributed by atoms with E-state index in [0.717, 1.165) is 17.7 Å². The molecule has 0 spiro atoms. The number of fused-ring (bicyclic) bond motifs is 1. The van der Waals surface area contributed by atoms with E-state index in [4.69, 9.17) is 4.98 Å². The third-order valence-electron chi connectivity index (χ3n) is 4.46. The van der Waals surface area contributed by atoms with Gasteiger partial charge in [-0.25, -0.2) is 18.1 Å². The van der Waals surface area contributed by atoms with Crippen LogP contribution in [-0.2, 0) is 16.4 Å². The monoisotopic (exact) mass is 417 g/mol. The zero-order chi connectivity index (χ0) is 20.1. The Hall–Kier alpha value is -2.16. The van der Waals surface area contributed by atoms with E-state index in [2.05, 4.69) is 4.72 Å². The van der Waals surface area contributed by atoms with Gasteiger partial charge in [0.05, 0.1) is 22.3 Å². The number of sulfonamides is 1. The first-order valence-electron chi connectivity index (χ1n) is 9.11. The molecule has 1 aromatic heterocycles. The van der Waals surface area contributed by atoms with Crippen molar-refractivity contribution in [3.63, 3.8) is 0 Å². The van der Waals surface area contributed by atoms with E-state index in [-0.39, 0.29) is 11.3 Å². The summed E-state index contributed by atoms with van der Waals surface area (Å²) in [5.41, 5.74) is 2.40. The van der Waals surface area contributed by atoms with Crippen LogP contribution in [0, 0.1) is 0 Å². The summed E-state index contributed by atoms with van der Waals surface area (Å²) in [7, 11) is -1.83. The van der Waals surface area contributed by atoms with Crippen molar-refractivity contribution in [2.75, 3.05) is 18.6 Å². The number of nitrogens with zero attached hydrogens (tertiary/aromatic N) is 2. The van der Waals surface area contributed by atoms with Gasteiger partial charge in [-0.05, 0) is 43.7 Å². The molecule has 8 heteroatoms. The van der Waals surface area contributed by atoms with Gasteiger partial charge in [-0.2, -0.15) is 0 Å². The highest BCUT2D eigenvalue weighted by molar-refractivity contribution is 7.99. The summed E-state index contributed by atoms with van der Waals surface area (Å²) in [4.78, 5) is 18.0. The van der Waals surface area contributed by atoms with Crippen molar-refractivity contribution < 1.29 is 8.42 Å². The molecule has 0 fully saturated rings. The van der Waals surface area contributed by atoms with Crippen LogP contribution in [0.1, 0.15) is 18.9 Å². The van der Waals surface area contributed by atoms with Crippen molar-refractivity contribution in [3.8, 4) is 5.69 Å². The Labute approximate surface area is 169 Å².